The molecular formula is C20H25N3O2S. The van der Waals surface area contributed by atoms with Crippen LogP contribution in [0.5, 0.6) is 5.75 Å². The third-order valence-electron chi connectivity index (χ3n) is 3.60. The molecule has 0 heterocycles. The van der Waals surface area contributed by atoms with E-state index in [9.17, 15) is 4.79 Å². The lowest BCUT2D eigenvalue weighted by Gasteiger charge is -2.17. The molecule has 2 rings (SSSR count). The number of rotatable bonds is 6. The van der Waals surface area contributed by atoms with E-state index in [2.05, 4.69) is 31.2 Å². The topological polar surface area (TPSA) is 79.4 Å². The van der Waals surface area contributed by atoms with Gasteiger partial charge in [-0.1, -0.05) is 35.9 Å². The number of hydrogen-bond acceptors (Lipinski definition) is 6. The highest BCUT2D eigenvalue weighted by Crippen LogP contribution is 2.32. The number of benzene rings is 2. The van der Waals surface area contributed by atoms with Crippen LogP contribution in [0.3, 0.4) is 0 Å². The van der Waals surface area contributed by atoms with Gasteiger partial charge in [-0.3, -0.25) is 4.79 Å². The van der Waals surface area contributed by atoms with Crippen molar-refractivity contribution in [1.29, 1.82) is 5.26 Å². The van der Waals surface area contributed by atoms with Gasteiger partial charge in [-0.05, 0) is 36.4 Å². The highest BCUT2D eigenvalue weighted by molar-refractivity contribution is 7.99. The number of nitrogens with zero attached hydrogens (tertiary/aromatic N) is 2. The number of anilines is 1. The predicted octanol–water partition coefficient (Wildman–Crippen LogP) is 3.81. The van der Waals surface area contributed by atoms with Crippen LogP contribution >= 0.6 is 11.8 Å². The molecule has 0 aliphatic rings. The van der Waals surface area contributed by atoms with Crippen LogP contribution in [-0.4, -0.2) is 32.2 Å². The van der Waals surface area contributed by atoms with Crippen LogP contribution in [0.4, 0.5) is 5.69 Å². The third-order valence-corrected chi connectivity index (χ3v) is 4.37. The number of carbonyl (C=O) groups excluding carboxylic acids is 1. The van der Waals surface area contributed by atoms with Crippen LogP contribution in [0.15, 0.2) is 42.5 Å². The van der Waals surface area contributed by atoms with Crippen molar-refractivity contribution in [3.05, 3.63) is 48.0 Å². The Hall–Kier alpha value is -2.49. The first-order valence-corrected chi connectivity index (χ1v) is 9.35. The zero-order valence-corrected chi connectivity index (χ0v) is 16.4. The third kappa shape index (κ3) is 6.79. The molecule has 2 aromatic rings. The molecule has 1 atom stereocenters. The molecule has 2 aromatic carbocycles. The molecule has 0 aromatic heterocycles. The molecule has 6 heteroatoms. The Balaban J connectivity index is 0.000000412. The smallest absolute Gasteiger partial charge is 0.298 e. The molecule has 0 fully saturated rings. The molecule has 5 nitrogen and oxygen atoms in total. The first-order valence-electron chi connectivity index (χ1n) is 8.07. The van der Waals surface area contributed by atoms with Crippen LogP contribution in [0.2, 0.25) is 0 Å². The summed E-state index contributed by atoms with van der Waals surface area (Å²) < 4.78 is 4.99. The number of ether oxygens (including phenoxy) is 1. The van der Waals surface area contributed by atoms with Gasteiger partial charge in [0.15, 0.2) is 5.75 Å². The van der Waals surface area contributed by atoms with Crippen molar-refractivity contribution in [2.24, 2.45) is 5.73 Å². The molecule has 0 saturated heterocycles. The van der Waals surface area contributed by atoms with E-state index in [0.29, 0.717) is 18.6 Å². The van der Waals surface area contributed by atoms with E-state index in [1.165, 1.54) is 17.3 Å². The lowest BCUT2D eigenvalue weighted by atomic mass is 10.0. The van der Waals surface area contributed by atoms with Crippen LogP contribution in [0.25, 0.3) is 11.1 Å². The molecule has 0 spiro atoms. The molecule has 138 valence electrons. The summed E-state index contributed by atoms with van der Waals surface area (Å²) >= 11 is 1.50. The summed E-state index contributed by atoms with van der Waals surface area (Å²) in [7, 11) is 3.85. The maximum atomic E-state index is 10.5. The zero-order valence-electron chi connectivity index (χ0n) is 15.6. The van der Waals surface area contributed by atoms with E-state index in [1.807, 2.05) is 49.5 Å². The maximum Gasteiger partial charge on any atom is 0.298 e. The molecule has 0 aliphatic heterocycles. The molecule has 26 heavy (non-hydrogen) atoms. The number of hydrogen-bond donors (Lipinski definition) is 1. The molecule has 0 amide bonds. The van der Waals surface area contributed by atoms with Crippen molar-refractivity contribution in [3.8, 4) is 22.9 Å². The van der Waals surface area contributed by atoms with E-state index in [1.54, 1.807) is 0 Å². The van der Waals surface area contributed by atoms with E-state index in [0.717, 1.165) is 16.8 Å². The molecule has 0 saturated carbocycles. The molecular weight excluding hydrogens is 346 g/mol. The Morgan fingerprint density at radius 1 is 1.23 bits per heavy atom. The Kier molecular flexibility index (Phi) is 9.27. The SMILES string of the molecule is CSC(N)CC#N.Cc1ccc(-c2ccc(OC=O)c(N(C)C)c2)cc1. The summed E-state index contributed by atoms with van der Waals surface area (Å²) in [6.07, 6.45) is 2.34. The van der Waals surface area contributed by atoms with Crippen LogP contribution < -0.4 is 15.4 Å². The summed E-state index contributed by atoms with van der Waals surface area (Å²) in [5.74, 6) is 0.566. The van der Waals surface area contributed by atoms with Gasteiger partial charge in [-0.15, -0.1) is 11.8 Å². The van der Waals surface area contributed by atoms with E-state index >= 15 is 0 Å². The zero-order chi connectivity index (χ0) is 19.5. The fraction of sp³-hybridized carbons (Fsp3) is 0.300. The Bertz CT molecular complexity index is 740. The minimum atomic E-state index is 0.00463. The van der Waals surface area contributed by atoms with Crippen molar-refractivity contribution in [1.82, 2.24) is 0 Å². The lowest BCUT2D eigenvalue weighted by molar-refractivity contribution is -0.120. The molecule has 2 N–H and O–H groups in total. The summed E-state index contributed by atoms with van der Waals surface area (Å²) in [5, 5.41) is 8.03. The number of nitrogens with two attached hydrogens (primary N) is 1. The summed E-state index contributed by atoms with van der Waals surface area (Å²) in [6, 6.07) is 16.1. The Labute approximate surface area is 159 Å². The second-order valence-electron chi connectivity index (χ2n) is 5.79. The van der Waals surface area contributed by atoms with Gasteiger partial charge in [-0.25, -0.2) is 0 Å². The van der Waals surface area contributed by atoms with Crippen molar-refractivity contribution in [2.75, 3.05) is 25.3 Å². The molecule has 0 radical (unpaired) electrons. The highest BCUT2D eigenvalue weighted by atomic mass is 32.2. The van der Waals surface area contributed by atoms with E-state index in [4.69, 9.17) is 15.7 Å². The maximum absolute atomic E-state index is 10.5. The van der Waals surface area contributed by atoms with Gasteiger partial charge in [-0.2, -0.15) is 5.26 Å². The first kappa shape index (κ1) is 21.6. The van der Waals surface area contributed by atoms with Crippen molar-refractivity contribution < 1.29 is 9.53 Å². The average Bonchev–Trinajstić information content (AvgIpc) is 2.63. The van der Waals surface area contributed by atoms with Crippen molar-refractivity contribution in [2.45, 2.75) is 18.7 Å². The standard InChI is InChI=1S/C16H17NO2.C4H8N2S/c1-12-4-6-13(7-5-12)14-8-9-16(19-11-18)15(10-14)17(2)3;1-7-4(6)2-3-5/h4-11H,1-3H3;4H,2,6H2,1H3. The lowest BCUT2D eigenvalue weighted by Crippen LogP contribution is -2.12. The van der Waals surface area contributed by atoms with Crippen molar-refractivity contribution in [3.63, 3.8) is 0 Å². The van der Waals surface area contributed by atoms with Crippen molar-refractivity contribution >= 4 is 23.9 Å². The van der Waals surface area contributed by atoms with E-state index < -0.39 is 0 Å². The molecule has 1 unspecified atom stereocenters. The summed E-state index contributed by atoms with van der Waals surface area (Å²) in [5.41, 5.74) is 9.68. The van der Waals surface area contributed by atoms with Gasteiger partial charge in [0.25, 0.3) is 6.47 Å². The number of carbonyl (C=O) groups is 1. The first-order chi connectivity index (χ1) is 12.4. The second-order valence-corrected chi connectivity index (χ2v) is 6.87. The van der Waals surface area contributed by atoms with Gasteiger partial charge in [0.1, 0.15) is 0 Å². The van der Waals surface area contributed by atoms with Gasteiger partial charge in [0.05, 0.1) is 23.6 Å². The summed E-state index contributed by atoms with van der Waals surface area (Å²) in [6.45, 7) is 2.52. The van der Waals surface area contributed by atoms with Gasteiger partial charge in [0.2, 0.25) is 0 Å². The quantitative estimate of drug-likeness (QED) is 0.614. The number of nitriles is 1. The normalized spacial score (nSPS) is 10.8. The predicted molar refractivity (Wildman–Crippen MR) is 109 cm³/mol. The second kappa shape index (κ2) is 11.2. The minimum absolute atomic E-state index is 0.00463. The summed E-state index contributed by atoms with van der Waals surface area (Å²) in [4.78, 5) is 12.4. The fourth-order valence-electron chi connectivity index (χ4n) is 2.12. The van der Waals surface area contributed by atoms with Crippen LogP contribution in [-0.2, 0) is 4.79 Å². The monoisotopic (exact) mass is 371 g/mol. The molecule has 0 bridgehead atoms. The number of thioether (sulfide) groups is 1. The Morgan fingerprint density at radius 3 is 2.31 bits per heavy atom. The largest absolute Gasteiger partial charge is 0.427 e. The van der Waals surface area contributed by atoms with Gasteiger partial charge < -0.3 is 15.4 Å². The van der Waals surface area contributed by atoms with Crippen LogP contribution in [0.1, 0.15) is 12.0 Å². The average molecular weight is 372 g/mol. The number of aryl methyl sites for hydroxylation is 1. The Morgan fingerprint density at radius 2 is 1.85 bits per heavy atom. The minimum Gasteiger partial charge on any atom is -0.427 e. The van der Waals surface area contributed by atoms with E-state index in [-0.39, 0.29) is 5.37 Å². The van der Waals surface area contributed by atoms with Gasteiger partial charge >= 0.3 is 0 Å². The molecule has 0 aliphatic carbocycles. The van der Waals surface area contributed by atoms with Crippen LogP contribution in [0, 0.1) is 18.3 Å². The van der Waals surface area contributed by atoms with Gasteiger partial charge in [0, 0.05) is 14.1 Å². The highest BCUT2D eigenvalue weighted by Gasteiger charge is 2.08. The fourth-order valence-corrected chi connectivity index (χ4v) is 2.36.